The summed E-state index contributed by atoms with van der Waals surface area (Å²) in [5, 5.41) is 8.75. The van der Waals surface area contributed by atoms with Crippen LogP contribution in [0, 0.1) is 0 Å². The number of halogens is 1. The van der Waals surface area contributed by atoms with E-state index in [1.54, 1.807) is 30.3 Å². The van der Waals surface area contributed by atoms with Gasteiger partial charge in [0.1, 0.15) is 0 Å². The molecule has 3 aromatic rings. The minimum absolute atomic E-state index is 0.276. The number of hydrogen-bond donors (Lipinski definition) is 3. The molecule has 3 rings (SSSR count). The van der Waals surface area contributed by atoms with Crippen LogP contribution in [0.15, 0.2) is 66.7 Å². The molecule has 0 fully saturated rings. The van der Waals surface area contributed by atoms with Gasteiger partial charge in [0.25, 0.3) is 5.91 Å². The van der Waals surface area contributed by atoms with Gasteiger partial charge in [0.15, 0.2) is 11.5 Å². The minimum Gasteiger partial charge on any atom is -0.493 e. The van der Waals surface area contributed by atoms with Crippen molar-refractivity contribution in [3.63, 3.8) is 0 Å². The summed E-state index contributed by atoms with van der Waals surface area (Å²) in [6, 6.07) is 18.9. The lowest BCUT2D eigenvalue weighted by molar-refractivity contribution is 0.0939. The molecule has 166 valence electrons. The van der Waals surface area contributed by atoms with Gasteiger partial charge in [-0.05, 0) is 48.9 Å². The number of hydrogen-bond acceptors (Lipinski definition) is 4. The Bertz CT molecular complexity index is 1090. The molecule has 0 saturated heterocycles. The fourth-order valence-corrected chi connectivity index (χ4v) is 3.37. The normalized spacial score (nSPS) is 11.2. The topological polar surface area (TPSA) is 88.7 Å². The van der Waals surface area contributed by atoms with Crippen LogP contribution in [0.2, 0.25) is 5.02 Å². The van der Waals surface area contributed by atoms with Crippen molar-refractivity contribution in [2.24, 2.45) is 0 Å². The molecular formula is C24H24ClN3O4. The average Bonchev–Trinajstić information content (AvgIpc) is 2.79. The summed E-state index contributed by atoms with van der Waals surface area (Å²) >= 11 is 6.20. The maximum atomic E-state index is 12.7. The highest BCUT2D eigenvalue weighted by molar-refractivity contribution is 6.32. The molecule has 0 saturated carbocycles. The first kappa shape index (κ1) is 23.0. The maximum Gasteiger partial charge on any atom is 0.323 e. The second kappa shape index (κ2) is 10.5. The molecule has 0 bridgehead atoms. The van der Waals surface area contributed by atoms with Crippen molar-refractivity contribution in [2.45, 2.75) is 13.0 Å². The first-order valence-electron chi connectivity index (χ1n) is 9.86. The number of ether oxygens (including phenoxy) is 2. The molecular weight excluding hydrogens is 430 g/mol. The second-order valence-corrected chi connectivity index (χ2v) is 7.36. The third-order valence-electron chi connectivity index (χ3n) is 4.74. The van der Waals surface area contributed by atoms with Crippen LogP contribution in [-0.2, 0) is 0 Å². The van der Waals surface area contributed by atoms with Gasteiger partial charge in [0.2, 0.25) is 0 Å². The molecule has 0 aliphatic rings. The van der Waals surface area contributed by atoms with Crippen LogP contribution in [-0.4, -0.2) is 26.2 Å². The monoisotopic (exact) mass is 453 g/mol. The Labute approximate surface area is 191 Å². The highest BCUT2D eigenvalue weighted by Gasteiger charge is 2.17. The molecule has 0 aliphatic heterocycles. The summed E-state index contributed by atoms with van der Waals surface area (Å²) in [4.78, 5) is 24.8. The van der Waals surface area contributed by atoms with Crippen molar-refractivity contribution in [3.8, 4) is 11.5 Å². The molecule has 3 N–H and O–H groups in total. The number of anilines is 2. The number of rotatable bonds is 7. The van der Waals surface area contributed by atoms with E-state index in [0.717, 1.165) is 5.56 Å². The Morgan fingerprint density at radius 2 is 1.50 bits per heavy atom. The molecule has 8 heteroatoms. The van der Waals surface area contributed by atoms with Crippen molar-refractivity contribution >= 4 is 34.9 Å². The molecule has 0 spiro atoms. The quantitative estimate of drug-likeness (QED) is 0.441. The van der Waals surface area contributed by atoms with Crippen LogP contribution >= 0.6 is 11.6 Å². The number of amides is 3. The van der Waals surface area contributed by atoms with Gasteiger partial charge in [0, 0.05) is 16.9 Å². The van der Waals surface area contributed by atoms with E-state index in [-0.39, 0.29) is 23.0 Å². The molecule has 7 nitrogen and oxygen atoms in total. The van der Waals surface area contributed by atoms with Crippen LogP contribution in [0.1, 0.15) is 28.9 Å². The van der Waals surface area contributed by atoms with Crippen LogP contribution in [0.3, 0.4) is 0 Å². The van der Waals surface area contributed by atoms with Crippen molar-refractivity contribution in [2.75, 3.05) is 24.9 Å². The Morgan fingerprint density at radius 1 is 0.875 bits per heavy atom. The van der Waals surface area contributed by atoms with Gasteiger partial charge in [-0.2, -0.15) is 0 Å². The standard InChI is InChI=1S/C24H24ClN3O4/c1-15(26-23(29)17-13-20(25)22(32-3)21(14-17)31-2)16-9-11-19(12-10-16)28-24(30)27-18-7-5-4-6-8-18/h4-15H,1-3H3,(H,26,29)(H2,27,28,30). The van der Waals surface area contributed by atoms with Crippen LogP contribution in [0.5, 0.6) is 11.5 Å². The van der Waals surface area contributed by atoms with E-state index >= 15 is 0 Å². The minimum atomic E-state index is -0.337. The van der Waals surface area contributed by atoms with Gasteiger partial charge in [-0.1, -0.05) is 41.9 Å². The van der Waals surface area contributed by atoms with Crippen LogP contribution in [0.25, 0.3) is 0 Å². The molecule has 0 heterocycles. The van der Waals surface area contributed by atoms with Crippen molar-refractivity contribution in [1.29, 1.82) is 0 Å². The summed E-state index contributed by atoms with van der Waals surface area (Å²) in [6.07, 6.45) is 0. The highest BCUT2D eigenvalue weighted by atomic mass is 35.5. The van der Waals surface area contributed by atoms with Gasteiger partial charge >= 0.3 is 6.03 Å². The molecule has 3 amide bonds. The van der Waals surface area contributed by atoms with Gasteiger partial charge in [-0.3, -0.25) is 4.79 Å². The zero-order chi connectivity index (χ0) is 23.1. The number of methoxy groups -OCH3 is 2. The fourth-order valence-electron chi connectivity index (χ4n) is 3.08. The zero-order valence-corrected chi connectivity index (χ0v) is 18.7. The van der Waals surface area contributed by atoms with E-state index < -0.39 is 0 Å². The number of para-hydroxylation sites is 1. The molecule has 3 aromatic carbocycles. The number of nitrogens with one attached hydrogen (secondary N) is 3. The molecule has 32 heavy (non-hydrogen) atoms. The number of carbonyl (C=O) groups is 2. The molecule has 0 aromatic heterocycles. The van der Waals surface area contributed by atoms with Crippen molar-refractivity contribution < 1.29 is 19.1 Å². The van der Waals surface area contributed by atoms with E-state index in [0.29, 0.717) is 28.4 Å². The number of urea groups is 1. The van der Waals surface area contributed by atoms with Crippen molar-refractivity contribution in [1.82, 2.24) is 5.32 Å². The van der Waals surface area contributed by atoms with Gasteiger partial charge in [-0.15, -0.1) is 0 Å². The largest absolute Gasteiger partial charge is 0.493 e. The predicted molar refractivity (Wildman–Crippen MR) is 126 cm³/mol. The summed E-state index contributed by atoms with van der Waals surface area (Å²) < 4.78 is 10.5. The van der Waals surface area contributed by atoms with Gasteiger partial charge in [0.05, 0.1) is 25.3 Å². The Morgan fingerprint density at radius 3 is 2.09 bits per heavy atom. The zero-order valence-electron chi connectivity index (χ0n) is 17.9. The molecule has 0 aliphatic carbocycles. The molecule has 1 atom stereocenters. The highest BCUT2D eigenvalue weighted by Crippen LogP contribution is 2.36. The first-order chi connectivity index (χ1) is 15.4. The Hall–Kier alpha value is -3.71. The third kappa shape index (κ3) is 5.70. The second-order valence-electron chi connectivity index (χ2n) is 6.96. The smallest absolute Gasteiger partial charge is 0.323 e. The first-order valence-corrected chi connectivity index (χ1v) is 10.2. The third-order valence-corrected chi connectivity index (χ3v) is 5.02. The Balaban J connectivity index is 1.62. The van der Waals surface area contributed by atoms with E-state index in [1.807, 2.05) is 37.3 Å². The lowest BCUT2D eigenvalue weighted by Crippen LogP contribution is -2.26. The summed E-state index contributed by atoms with van der Waals surface area (Å²) in [5.41, 5.74) is 2.56. The van der Waals surface area contributed by atoms with Gasteiger partial charge in [-0.25, -0.2) is 4.79 Å². The fraction of sp³-hybridized carbons (Fsp3) is 0.167. The lowest BCUT2D eigenvalue weighted by atomic mass is 10.1. The van der Waals surface area contributed by atoms with E-state index in [2.05, 4.69) is 16.0 Å². The summed E-state index contributed by atoms with van der Waals surface area (Å²) in [5.74, 6) is 0.449. The van der Waals surface area contributed by atoms with E-state index in [1.165, 1.54) is 20.3 Å². The SMILES string of the molecule is COc1cc(C(=O)NC(C)c2ccc(NC(=O)Nc3ccccc3)cc2)cc(Cl)c1OC. The lowest BCUT2D eigenvalue weighted by Gasteiger charge is -2.16. The molecule has 0 radical (unpaired) electrons. The van der Waals surface area contributed by atoms with E-state index in [4.69, 9.17) is 21.1 Å². The van der Waals surface area contributed by atoms with Crippen LogP contribution in [0.4, 0.5) is 16.2 Å². The number of carbonyl (C=O) groups excluding carboxylic acids is 2. The number of benzene rings is 3. The van der Waals surface area contributed by atoms with E-state index in [9.17, 15) is 9.59 Å². The van der Waals surface area contributed by atoms with Gasteiger partial charge < -0.3 is 25.4 Å². The predicted octanol–water partition coefficient (Wildman–Crippen LogP) is 5.49. The van der Waals surface area contributed by atoms with Crippen LogP contribution < -0.4 is 25.4 Å². The average molecular weight is 454 g/mol. The summed E-state index contributed by atoms with van der Waals surface area (Å²) in [6.45, 7) is 1.87. The summed E-state index contributed by atoms with van der Waals surface area (Å²) in [7, 11) is 2.96. The maximum absolute atomic E-state index is 12.7. The van der Waals surface area contributed by atoms with Crippen molar-refractivity contribution in [3.05, 3.63) is 82.9 Å². The Kier molecular flexibility index (Phi) is 7.57. The molecule has 1 unspecified atom stereocenters.